The largest absolute Gasteiger partial charge is 0.495 e. The van der Waals surface area contributed by atoms with Crippen molar-refractivity contribution in [2.45, 2.75) is 48.0 Å². The van der Waals surface area contributed by atoms with Gasteiger partial charge in [-0.3, -0.25) is 4.79 Å². The number of carbonyl (C=O) groups excluding carboxylic acids is 1. The van der Waals surface area contributed by atoms with Crippen LogP contribution in [-0.4, -0.2) is 38.7 Å². The number of thioether (sulfide) groups is 1. The van der Waals surface area contributed by atoms with E-state index in [1.165, 1.54) is 18.2 Å². The first-order chi connectivity index (χ1) is 15.2. The first kappa shape index (κ1) is 19.9. The summed E-state index contributed by atoms with van der Waals surface area (Å²) in [7, 11) is 1.61. The maximum absolute atomic E-state index is 13.5. The number of fused-ring (bicyclic) bond motifs is 1. The lowest BCUT2D eigenvalue weighted by Gasteiger charge is -2.46. The summed E-state index contributed by atoms with van der Waals surface area (Å²) in [5.41, 5.74) is 5.01. The number of rotatable bonds is 4. The third-order valence-electron chi connectivity index (χ3n) is 6.07. The highest BCUT2D eigenvalue weighted by molar-refractivity contribution is 8.00. The summed E-state index contributed by atoms with van der Waals surface area (Å²) < 4.78 is 7.39. The van der Waals surface area contributed by atoms with Gasteiger partial charge in [0.1, 0.15) is 11.0 Å². The Labute approximate surface area is 185 Å². The average Bonchev–Trinajstić information content (AvgIpc) is 3.22. The van der Waals surface area contributed by atoms with Gasteiger partial charge in [0.25, 0.3) is 0 Å². The Morgan fingerprint density at radius 1 is 1.10 bits per heavy atom. The van der Waals surface area contributed by atoms with Crippen LogP contribution in [-0.2, 0) is 4.79 Å². The second-order valence-electron chi connectivity index (χ2n) is 8.02. The van der Waals surface area contributed by atoms with Crippen LogP contribution in [0.2, 0.25) is 0 Å². The van der Waals surface area contributed by atoms with Crippen LogP contribution in [0, 0.1) is 0 Å². The number of aromatic nitrogens is 3. The molecule has 1 aliphatic heterocycles. The molecule has 31 heavy (non-hydrogen) atoms. The molecule has 1 saturated carbocycles. The minimum atomic E-state index is -0.353. The number of carbonyl (C=O) groups is 1. The number of anilines is 1. The molecule has 2 aromatic carbocycles. The molecule has 0 unspecified atom stereocenters. The molecule has 8 heteroatoms. The quantitative estimate of drug-likeness (QED) is 0.636. The van der Waals surface area contributed by atoms with Crippen molar-refractivity contribution in [1.82, 2.24) is 14.9 Å². The van der Waals surface area contributed by atoms with Gasteiger partial charge >= 0.3 is 0 Å². The number of methoxy groups -OCH3 is 1. The van der Waals surface area contributed by atoms with E-state index < -0.39 is 0 Å². The standard InChI is InChI=1S/C23H25N5O2S/c1-30-18-13-7-6-12-17(18)24-21(29)19-23(14-8-3-9-15-23)27-28-20(25-26-22(28)31-19)16-10-4-2-5-11-16/h2,4-7,10-13,19,27H,3,8-9,14-15H2,1H3,(H,24,29)/t19-/m0/s1. The van der Waals surface area contributed by atoms with Crippen LogP contribution < -0.4 is 15.5 Å². The monoisotopic (exact) mass is 435 g/mol. The van der Waals surface area contributed by atoms with Crippen molar-refractivity contribution in [1.29, 1.82) is 0 Å². The highest BCUT2D eigenvalue weighted by Crippen LogP contribution is 2.44. The third kappa shape index (κ3) is 3.65. The van der Waals surface area contributed by atoms with Crippen LogP contribution in [0.3, 0.4) is 0 Å². The maximum Gasteiger partial charge on any atom is 0.240 e. The van der Waals surface area contributed by atoms with Gasteiger partial charge in [-0.2, -0.15) is 0 Å². The predicted octanol–water partition coefficient (Wildman–Crippen LogP) is 4.31. The van der Waals surface area contributed by atoms with E-state index in [2.05, 4.69) is 20.9 Å². The van der Waals surface area contributed by atoms with Gasteiger partial charge in [0.15, 0.2) is 5.82 Å². The Hall–Kier alpha value is -3.00. The number of ether oxygens (including phenoxy) is 1. The van der Waals surface area contributed by atoms with Gasteiger partial charge in [0.05, 0.1) is 18.3 Å². The smallest absolute Gasteiger partial charge is 0.240 e. The number of hydrogen-bond acceptors (Lipinski definition) is 6. The van der Waals surface area contributed by atoms with E-state index in [1.807, 2.05) is 59.3 Å². The Bertz CT molecular complexity index is 1080. The van der Waals surface area contributed by atoms with Crippen molar-refractivity contribution < 1.29 is 9.53 Å². The van der Waals surface area contributed by atoms with Crippen molar-refractivity contribution in [3.63, 3.8) is 0 Å². The van der Waals surface area contributed by atoms with E-state index in [1.54, 1.807) is 7.11 Å². The fourth-order valence-corrected chi connectivity index (χ4v) is 5.74. The molecule has 7 nitrogen and oxygen atoms in total. The summed E-state index contributed by atoms with van der Waals surface area (Å²) in [6.45, 7) is 0. The highest BCUT2D eigenvalue weighted by atomic mass is 32.2. The van der Waals surface area contributed by atoms with E-state index >= 15 is 0 Å². The number of hydrogen-bond donors (Lipinski definition) is 2. The van der Waals surface area contributed by atoms with Gasteiger partial charge in [-0.05, 0) is 25.0 Å². The molecule has 160 valence electrons. The van der Waals surface area contributed by atoms with Gasteiger partial charge in [-0.1, -0.05) is 73.5 Å². The Morgan fingerprint density at radius 3 is 2.61 bits per heavy atom. The Balaban J connectivity index is 1.49. The molecular weight excluding hydrogens is 410 g/mol. The summed E-state index contributed by atoms with van der Waals surface area (Å²) in [6.07, 6.45) is 5.22. The normalized spacial score (nSPS) is 19.3. The van der Waals surface area contributed by atoms with Crippen LogP contribution in [0.15, 0.2) is 59.8 Å². The molecule has 2 aliphatic rings. The van der Waals surface area contributed by atoms with Crippen molar-refractivity contribution in [3.8, 4) is 17.1 Å². The zero-order chi connectivity index (χ0) is 21.3. The molecule has 5 rings (SSSR count). The van der Waals surface area contributed by atoms with Crippen LogP contribution in [0.25, 0.3) is 11.4 Å². The number of nitrogens with one attached hydrogen (secondary N) is 2. The molecule has 1 atom stereocenters. The molecule has 3 aromatic rings. The van der Waals surface area contributed by atoms with Gasteiger partial charge in [-0.15, -0.1) is 10.2 Å². The fraction of sp³-hybridized carbons (Fsp3) is 0.348. The zero-order valence-electron chi connectivity index (χ0n) is 17.4. The number of benzene rings is 2. The molecule has 0 bridgehead atoms. The van der Waals surface area contributed by atoms with Crippen molar-refractivity contribution in [2.24, 2.45) is 0 Å². The zero-order valence-corrected chi connectivity index (χ0v) is 18.2. The van der Waals surface area contributed by atoms with Crippen LogP contribution in [0.5, 0.6) is 5.75 Å². The highest BCUT2D eigenvalue weighted by Gasteiger charge is 2.49. The summed E-state index contributed by atoms with van der Waals surface area (Å²) in [6, 6.07) is 17.5. The minimum Gasteiger partial charge on any atom is -0.495 e. The molecule has 1 aromatic heterocycles. The van der Waals surface area contributed by atoms with Crippen molar-refractivity contribution >= 4 is 23.4 Å². The van der Waals surface area contributed by atoms with E-state index in [9.17, 15) is 4.79 Å². The van der Waals surface area contributed by atoms with E-state index in [4.69, 9.17) is 4.74 Å². The molecule has 2 N–H and O–H groups in total. The maximum atomic E-state index is 13.5. The minimum absolute atomic E-state index is 0.0422. The lowest BCUT2D eigenvalue weighted by Crippen LogP contribution is -2.59. The van der Waals surface area contributed by atoms with Crippen molar-refractivity contribution in [2.75, 3.05) is 17.9 Å². The molecule has 1 fully saturated rings. The Kier molecular flexibility index (Phi) is 5.31. The number of amides is 1. The van der Waals surface area contributed by atoms with Crippen LogP contribution >= 0.6 is 11.8 Å². The van der Waals surface area contributed by atoms with Gasteiger partial charge in [-0.25, -0.2) is 4.68 Å². The number of nitrogens with zero attached hydrogens (tertiary/aromatic N) is 3. The second-order valence-corrected chi connectivity index (χ2v) is 9.10. The van der Waals surface area contributed by atoms with E-state index in [0.29, 0.717) is 16.6 Å². The lowest BCUT2D eigenvalue weighted by molar-refractivity contribution is -0.117. The summed E-state index contributed by atoms with van der Waals surface area (Å²) >= 11 is 1.49. The summed E-state index contributed by atoms with van der Waals surface area (Å²) in [5, 5.41) is 12.3. The first-order valence-electron chi connectivity index (χ1n) is 10.6. The fourth-order valence-electron chi connectivity index (χ4n) is 4.53. The van der Waals surface area contributed by atoms with E-state index in [-0.39, 0.29) is 16.7 Å². The van der Waals surface area contributed by atoms with Gasteiger partial charge in [0, 0.05) is 5.56 Å². The Morgan fingerprint density at radius 2 is 1.84 bits per heavy atom. The second kappa shape index (κ2) is 8.26. The van der Waals surface area contributed by atoms with Crippen LogP contribution in [0.4, 0.5) is 5.69 Å². The topological polar surface area (TPSA) is 81.1 Å². The molecule has 1 spiro atoms. The molecular formula is C23H25N5O2S. The predicted molar refractivity (Wildman–Crippen MR) is 122 cm³/mol. The first-order valence-corrected chi connectivity index (χ1v) is 11.5. The summed E-state index contributed by atoms with van der Waals surface area (Å²) in [5.74, 6) is 1.38. The SMILES string of the molecule is COc1ccccc1NC(=O)[C@@H]1Sc2nnc(-c3ccccc3)n2NC12CCCCC2. The van der Waals surface area contributed by atoms with E-state index in [0.717, 1.165) is 37.1 Å². The molecule has 0 saturated heterocycles. The number of para-hydroxylation sites is 2. The average molecular weight is 436 g/mol. The third-order valence-corrected chi connectivity index (χ3v) is 7.45. The molecule has 1 amide bonds. The van der Waals surface area contributed by atoms with Crippen molar-refractivity contribution in [3.05, 3.63) is 54.6 Å². The van der Waals surface area contributed by atoms with Gasteiger partial charge in [0.2, 0.25) is 11.1 Å². The molecule has 1 aliphatic carbocycles. The van der Waals surface area contributed by atoms with Crippen LogP contribution in [0.1, 0.15) is 32.1 Å². The molecule has 0 radical (unpaired) electrons. The van der Waals surface area contributed by atoms with Gasteiger partial charge < -0.3 is 15.5 Å². The lowest BCUT2D eigenvalue weighted by atomic mass is 9.79. The summed E-state index contributed by atoms with van der Waals surface area (Å²) in [4.78, 5) is 13.5. The molecule has 2 heterocycles.